The van der Waals surface area contributed by atoms with Gasteiger partial charge in [-0.05, 0) is 17.7 Å². The number of amides is 1. The number of rotatable bonds is 4. The number of nitrogens with one attached hydrogen (secondary N) is 2. The van der Waals surface area contributed by atoms with E-state index in [2.05, 4.69) is 15.7 Å². The third-order valence-electron chi connectivity index (χ3n) is 3.43. The molecule has 1 aliphatic rings. The second kappa shape index (κ2) is 6.51. The van der Waals surface area contributed by atoms with Gasteiger partial charge in [-0.25, -0.2) is 4.68 Å². The normalized spacial score (nSPS) is 18.4. The lowest BCUT2D eigenvalue weighted by molar-refractivity contribution is -0.126. The molecule has 0 saturated carbocycles. The SMILES string of the molecule is O=C(NCc1ccccc1-n1cccn1)C1COCCN1. The van der Waals surface area contributed by atoms with Crippen LogP contribution < -0.4 is 10.6 Å². The molecule has 1 fully saturated rings. The van der Waals surface area contributed by atoms with Crippen LogP contribution in [0.4, 0.5) is 0 Å². The van der Waals surface area contributed by atoms with Crippen LogP contribution in [0.1, 0.15) is 5.56 Å². The number of hydrogen-bond donors (Lipinski definition) is 2. The van der Waals surface area contributed by atoms with E-state index in [1.807, 2.05) is 36.5 Å². The van der Waals surface area contributed by atoms with Gasteiger partial charge in [-0.2, -0.15) is 5.10 Å². The van der Waals surface area contributed by atoms with Crippen LogP contribution in [-0.4, -0.2) is 41.5 Å². The fourth-order valence-corrected chi connectivity index (χ4v) is 2.33. The van der Waals surface area contributed by atoms with Gasteiger partial charge in [-0.1, -0.05) is 18.2 Å². The zero-order valence-electron chi connectivity index (χ0n) is 11.7. The number of aromatic nitrogens is 2. The molecule has 21 heavy (non-hydrogen) atoms. The molecule has 2 N–H and O–H groups in total. The van der Waals surface area contributed by atoms with Gasteiger partial charge in [0.25, 0.3) is 0 Å². The number of carbonyl (C=O) groups is 1. The monoisotopic (exact) mass is 286 g/mol. The van der Waals surface area contributed by atoms with E-state index in [1.165, 1.54) is 0 Å². The maximum Gasteiger partial charge on any atom is 0.239 e. The topological polar surface area (TPSA) is 68.2 Å². The van der Waals surface area contributed by atoms with E-state index in [9.17, 15) is 4.79 Å². The Morgan fingerprint density at radius 1 is 1.43 bits per heavy atom. The summed E-state index contributed by atoms with van der Waals surface area (Å²) in [6.07, 6.45) is 3.62. The maximum atomic E-state index is 12.1. The van der Waals surface area contributed by atoms with Gasteiger partial charge in [0.05, 0.1) is 18.9 Å². The number of nitrogens with zero attached hydrogens (tertiary/aromatic N) is 2. The fraction of sp³-hybridized carbons (Fsp3) is 0.333. The minimum atomic E-state index is -0.268. The molecule has 1 aromatic heterocycles. The Bertz CT molecular complexity index is 591. The van der Waals surface area contributed by atoms with Crippen molar-refractivity contribution in [1.82, 2.24) is 20.4 Å². The van der Waals surface area contributed by atoms with E-state index in [0.717, 1.165) is 11.3 Å². The highest BCUT2D eigenvalue weighted by atomic mass is 16.5. The predicted octanol–water partition coefficient (Wildman–Crippen LogP) is 0.477. The van der Waals surface area contributed by atoms with Crippen molar-refractivity contribution in [3.63, 3.8) is 0 Å². The Morgan fingerprint density at radius 2 is 2.33 bits per heavy atom. The highest BCUT2D eigenvalue weighted by molar-refractivity contribution is 5.82. The van der Waals surface area contributed by atoms with Crippen molar-refractivity contribution >= 4 is 5.91 Å². The first-order chi connectivity index (χ1) is 10.3. The summed E-state index contributed by atoms with van der Waals surface area (Å²) >= 11 is 0. The molecule has 6 nitrogen and oxygen atoms in total. The fourth-order valence-electron chi connectivity index (χ4n) is 2.33. The average Bonchev–Trinajstić information content (AvgIpc) is 3.08. The number of ether oxygens (including phenoxy) is 1. The number of para-hydroxylation sites is 1. The molecule has 1 amide bonds. The summed E-state index contributed by atoms with van der Waals surface area (Å²) in [4.78, 5) is 12.1. The summed E-state index contributed by atoms with van der Waals surface area (Å²) in [5.41, 5.74) is 1.99. The van der Waals surface area contributed by atoms with Gasteiger partial charge in [0.15, 0.2) is 0 Å². The first kappa shape index (κ1) is 13.8. The third-order valence-corrected chi connectivity index (χ3v) is 3.43. The van der Waals surface area contributed by atoms with Gasteiger partial charge in [-0.15, -0.1) is 0 Å². The first-order valence-corrected chi connectivity index (χ1v) is 7.01. The highest BCUT2D eigenvalue weighted by Gasteiger charge is 2.20. The van der Waals surface area contributed by atoms with Crippen molar-refractivity contribution in [3.8, 4) is 5.69 Å². The summed E-state index contributed by atoms with van der Waals surface area (Å²) < 4.78 is 7.10. The zero-order valence-corrected chi connectivity index (χ0v) is 11.7. The molecule has 1 aliphatic heterocycles. The summed E-state index contributed by atoms with van der Waals surface area (Å²) in [7, 11) is 0. The van der Waals surface area contributed by atoms with Crippen LogP contribution in [0.15, 0.2) is 42.7 Å². The van der Waals surface area contributed by atoms with E-state index >= 15 is 0 Å². The van der Waals surface area contributed by atoms with Gasteiger partial charge < -0.3 is 15.4 Å². The van der Waals surface area contributed by atoms with Crippen molar-refractivity contribution < 1.29 is 9.53 Å². The Balaban J connectivity index is 1.66. The van der Waals surface area contributed by atoms with Crippen LogP contribution in [-0.2, 0) is 16.1 Å². The lowest BCUT2D eigenvalue weighted by atomic mass is 10.1. The van der Waals surface area contributed by atoms with Crippen LogP contribution in [0.25, 0.3) is 5.69 Å². The molecule has 2 heterocycles. The van der Waals surface area contributed by atoms with Gasteiger partial charge in [0.1, 0.15) is 6.04 Å². The van der Waals surface area contributed by atoms with Gasteiger partial charge in [-0.3, -0.25) is 4.79 Å². The quantitative estimate of drug-likeness (QED) is 0.857. The Hall–Kier alpha value is -2.18. The van der Waals surface area contributed by atoms with E-state index in [1.54, 1.807) is 10.9 Å². The van der Waals surface area contributed by atoms with Crippen LogP contribution >= 0.6 is 0 Å². The second-order valence-electron chi connectivity index (χ2n) is 4.88. The molecular weight excluding hydrogens is 268 g/mol. The molecule has 0 bridgehead atoms. The van der Waals surface area contributed by atoms with Gasteiger partial charge in [0, 0.05) is 25.5 Å². The molecular formula is C15H18N4O2. The molecule has 6 heteroatoms. The van der Waals surface area contributed by atoms with Gasteiger partial charge >= 0.3 is 0 Å². The second-order valence-corrected chi connectivity index (χ2v) is 4.88. The minimum absolute atomic E-state index is 0.0371. The largest absolute Gasteiger partial charge is 0.378 e. The molecule has 0 aliphatic carbocycles. The van der Waals surface area contributed by atoms with Crippen molar-refractivity contribution in [1.29, 1.82) is 0 Å². The smallest absolute Gasteiger partial charge is 0.239 e. The summed E-state index contributed by atoms with van der Waals surface area (Å²) in [5.74, 6) is -0.0371. The van der Waals surface area contributed by atoms with Crippen LogP contribution in [0.5, 0.6) is 0 Å². The number of carbonyl (C=O) groups excluding carboxylic acids is 1. The molecule has 110 valence electrons. The number of benzene rings is 1. The molecule has 1 saturated heterocycles. The predicted molar refractivity (Wildman–Crippen MR) is 78.0 cm³/mol. The standard InChI is InChI=1S/C15H18N4O2/c20-15(13-11-21-9-7-16-13)17-10-12-4-1-2-5-14(12)19-8-3-6-18-19/h1-6,8,13,16H,7,9-11H2,(H,17,20). The van der Waals surface area contributed by atoms with Crippen LogP contribution in [0.2, 0.25) is 0 Å². The highest BCUT2D eigenvalue weighted by Crippen LogP contribution is 2.13. The third kappa shape index (κ3) is 3.29. The van der Waals surface area contributed by atoms with Crippen LogP contribution in [0, 0.1) is 0 Å². The summed E-state index contributed by atoms with van der Waals surface area (Å²) in [6, 6.07) is 9.49. The van der Waals surface area contributed by atoms with Crippen LogP contribution in [0.3, 0.4) is 0 Å². The molecule has 0 radical (unpaired) electrons. The molecule has 1 atom stereocenters. The van der Waals surface area contributed by atoms with Gasteiger partial charge in [0.2, 0.25) is 5.91 Å². The van der Waals surface area contributed by atoms with E-state index in [0.29, 0.717) is 26.3 Å². The first-order valence-electron chi connectivity index (χ1n) is 7.01. The lowest BCUT2D eigenvalue weighted by Gasteiger charge is -2.23. The van der Waals surface area contributed by atoms with E-state index in [-0.39, 0.29) is 11.9 Å². The van der Waals surface area contributed by atoms with Crippen molar-refractivity contribution in [2.75, 3.05) is 19.8 Å². The summed E-state index contributed by atoms with van der Waals surface area (Å²) in [5, 5.41) is 10.3. The maximum absolute atomic E-state index is 12.1. The molecule has 1 aromatic carbocycles. The molecule has 2 aromatic rings. The van der Waals surface area contributed by atoms with Crippen molar-refractivity contribution in [2.24, 2.45) is 0 Å². The Morgan fingerprint density at radius 3 is 3.10 bits per heavy atom. The molecule has 0 spiro atoms. The van der Waals surface area contributed by atoms with E-state index in [4.69, 9.17) is 4.74 Å². The number of hydrogen-bond acceptors (Lipinski definition) is 4. The average molecular weight is 286 g/mol. The summed E-state index contributed by atoms with van der Waals surface area (Å²) in [6.45, 7) is 2.26. The number of morpholine rings is 1. The Labute approximate surface area is 123 Å². The molecule has 1 unspecified atom stereocenters. The van der Waals surface area contributed by atoms with Crippen molar-refractivity contribution in [2.45, 2.75) is 12.6 Å². The molecule has 3 rings (SSSR count). The van der Waals surface area contributed by atoms with E-state index < -0.39 is 0 Å². The van der Waals surface area contributed by atoms with Crippen molar-refractivity contribution in [3.05, 3.63) is 48.3 Å². The minimum Gasteiger partial charge on any atom is -0.378 e. The Kier molecular flexibility index (Phi) is 4.28. The zero-order chi connectivity index (χ0) is 14.5. The lowest BCUT2D eigenvalue weighted by Crippen LogP contribution is -2.51.